The van der Waals surface area contributed by atoms with Gasteiger partial charge in [-0.3, -0.25) is 4.79 Å². The third-order valence-electron chi connectivity index (χ3n) is 2.49. The van der Waals surface area contributed by atoms with Gasteiger partial charge in [-0.2, -0.15) is 0 Å². The molecule has 0 fully saturated rings. The zero-order valence-corrected chi connectivity index (χ0v) is 9.66. The Morgan fingerprint density at radius 1 is 1.38 bits per heavy atom. The standard InChI is InChI=1S/C13H17FO2/c1-13(2,14)11-8-4-3-6-10(11)7-5-9-12(15)16/h3-4,6,8H,5,7,9H2,1-2H3,(H,15,16). The second-order valence-corrected chi connectivity index (χ2v) is 4.38. The molecule has 0 bridgehead atoms. The molecule has 0 atom stereocenters. The zero-order valence-electron chi connectivity index (χ0n) is 9.66. The Morgan fingerprint density at radius 3 is 2.56 bits per heavy atom. The first-order valence-corrected chi connectivity index (χ1v) is 5.40. The van der Waals surface area contributed by atoms with Crippen LogP contribution in [0.2, 0.25) is 0 Å². The van der Waals surface area contributed by atoms with E-state index >= 15 is 0 Å². The molecule has 0 radical (unpaired) electrons. The Balaban J connectivity index is 2.76. The lowest BCUT2D eigenvalue weighted by molar-refractivity contribution is -0.137. The quantitative estimate of drug-likeness (QED) is 0.833. The summed E-state index contributed by atoms with van der Waals surface area (Å²) in [6, 6.07) is 7.28. The number of carboxylic acids is 1. The maximum absolute atomic E-state index is 13.9. The van der Waals surface area contributed by atoms with Crippen molar-refractivity contribution in [3.05, 3.63) is 35.4 Å². The Hall–Kier alpha value is -1.38. The SMILES string of the molecule is CC(C)(F)c1ccccc1CCCC(=O)O. The summed E-state index contributed by atoms with van der Waals surface area (Å²) in [5.74, 6) is -0.808. The maximum Gasteiger partial charge on any atom is 0.303 e. The van der Waals surface area contributed by atoms with E-state index < -0.39 is 11.6 Å². The van der Waals surface area contributed by atoms with E-state index in [4.69, 9.17) is 5.11 Å². The van der Waals surface area contributed by atoms with Gasteiger partial charge >= 0.3 is 5.97 Å². The van der Waals surface area contributed by atoms with Gasteiger partial charge in [0.25, 0.3) is 0 Å². The number of hydrogen-bond acceptors (Lipinski definition) is 1. The molecular formula is C13H17FO2. The van der Waals surface area contributed by atoms with E-state index in [-0.39, 0.29) is 6.42 Å². The molecule has 2 nitrogen and oxygen atoms in total. The minimum atomic E-state index is -1.38. The van der Waals surface area contributed by atoms with Crippen LogP contribution in [-0.2, 0) is 16.9 Å². The fraction of sp³-hybridized carbons (Fsp3) is 0.462. The van der Waals surface area contributed by atoms with E-state index in [1.807, 2.05) is 12.1 Å². The highest BCUT2D eigenvalue weighted by atomic mass is 19.1. The van der Waals surface area contributed by atoms with Crippen LogP contribution in [0.25, 0.3) is 0 Å². The summed E-state index contributed by atoms with van der Waals surface area (Å²) in [5.41, 5.74) is 0.177. The predicted octanol–water partition coefficient (Wildman–Crippen LogP) is 3.30. The van der Waals surface area contributed by atoms with Crippen LogP contribution < -0.4 is 0 Å². The van der Waals surface area contributed by atoms with E-state index in [0.29, 0.717) is 18.4 Å². The highest BCUT2D eigenvalue weighted by molar-refractivity contribution is 5.66. The fourth-order valence-corrected chi connectivity index (χ4v) is 1.75. The van der Waals surface area contributed by atoms with Gasteiger partial charge in [0.2, 0.25) is 0 Å². The minimum absolute atomic E-state index is 0.126. The van der Waals surface area contributed by atoms with E-state index in [1.54, 1.807) is 12.1 Å². The lowest BCUT2D eigenvalue weighted by Gasteiger charge is -2.18. The van der Waals surface area contributed by atoms with Gasteiger partial charge in [-0.05, 0) is 37.8 Å². The third-order valence-corrected chi connectivity index (χ3v) is 2.49. The second-order valence-electron chi connectivity index (χ2n) is 4.38. The molecule has 0 aliphatic carbocycles. The van der Waals surface area contributed by atoms with Crippen LogP contribution in [0.1, 0.15) is 37.8 Å². The number of carbonyl (C=O) groups is 1. The average Bonchev–Trinajstić information content (AvgIpc) is 2.16. The highest BCUT2D eigenvalue weighted by Gasteiger charge is 2.21. The van der Waals surface area contributed by atoms with Gasteiger partial charge in [-0.1, -0.05) is 24.3 Å². The number of rotatable bonds is 5. The predicted molar refractivity (Wildman–Crippen MR) is 61.1 cm³/mol. The molecule has 0 aromatic heterocycles. The molecule has 0 spiro atoms. The van der Waals surface area contributed by atoms with Gasteiger partial charge in [-0.25, -0.2) is 4.39 Å². The number of carboxylic acid groups (broad SMARTS) is 1. The van der Waals surface area contributed by atoms with Gasteiger partial charge in [0.05, 0.1) is 0 Å². The van der Waals surface area contributed by atoms with Crippen LogP contribution in [0.3, 0.4) is 0 Å². The number of aryl methyl sites for hydroxylation is 1. The molecule has 16 heavy (non-hydrogen) atoms. The highest BCUT2D eigenvalue weighted by Crippen LogP contribution is 2.28. The van der Waals surface area contributed by atoms with Crippen molar-refractivity contribution in [3.63, 3.8) is 0 Å². The number of alkyl halides is 1. The first kappa shape index (κ1) is 12.7. The lowest BCUT2D eigenvalue weighted by atomic mass is 9.92. The Kier molecular flexibility index (Phi) is 4.05. The summed E-state index contributed by atoms with van der Waals surface area (Å²) in [6.45, 7) is 3.03. The lowest BCUT2D eigenvalue weighted by Crippen LogP contribution is -2.12. The molecule has 1 aromatic rings. The van der Waals surface area contributed by atoms with Crippen molar-refractivity contribution >= 4 is 5.97 Å². The minimum Gasteiger partial charge on any atom is -0.481 e. The molecule has 0 saturated carbocycles. The number of hydrogen-bond donors (Lipinski definition) is 1. The summed E-state index contributed by atoms with van der Waals surface area (Å²) in [4.78, 5) is 10.4. The van der Waals surface area contributed by atoms with Crippen molar-refractivity contribution in [3.8, 4) is 0 Å². The van der Waals surface area contributed by atoms with Gasteiger partial charge < -0.3 is 5.11 Å². The van der Waals surface area contributed by atoms with Crippen molar-refractivity contribution in [2.45, 2.75) is 38.8 Å². The van der Waals surface area contributed by atoms with Crippen LogP contribution in [-0.4, -0.2) is 11.1 Å². The summed E-state index contributed by atoms with van der Waals surface area (Å²) in [6.07, 6.45) is 1.28. The summed E-state index contributed by atoms with van der Waals surface area (Å²) in [5, 5.41) is 8.55. The molecule has 1 aromatic carbocycles. The molecular weight excluding hydrogens is 207 g/mol. The van der Waals surface area contributed by atoms with Crippen LogP contribution in [0, 0.1) is 0 Å². The van der Waals surface area contributed by atoms with Gasteiger partial charge in [-0.15, -0.1) is 0 Å². The molecule has 0 aliphatic rings. The van der Waals surface area contributed by atoms with E-state index in [1.165, 1.54) is 13.8 Å². The van der Waals surface area contributed by atoms with Crippen LogP contribution >= 0.6 is 0 Å². The molecule has 0 saturated heterocycles. The van der Waals surface area contributed by atoms with Gasteiger partial charge in [0.15, 0.2) is 0 Å². The first-order valence-electron chi connectivity index (χ1n) is 5.40. The van der Waals surface area contributed by atoms with E-state index in [0.717, 1.165) is 5.56 Å². The average molecular weight is 224 g/mol. The topological polar surface area (TPSA) is 37.3 Å². The number of aliphatic carboxylic acids is 1. The molecule has 1 N–H and O–H groups in total. The Morgan fingerprint density at radius 2 is 2.00 bits per heavy atom. The van der Waals surface area contributed by atoms with Gasteiger partial charge in [0, 0.05) is 6.42 Å². The largest absolute Gasteiger partial charge is 0.481 e. The maximum atomic E-state index is 13.9. The first-order chi connectivity index (χ1) is 7.41. The van der Waals surface area contributed by atoms with Crippen molar-refractivity contribution in [2.24, 2.45) is 0 Å². The molecule has 88 valence electrons. The third kappa shape index (κ3) is 3.65. The van der Waals surface area contributed by atoms with Gasteiger partial charge in [0.1, 0.15) is 5.67 Å². The zero-order chi connectivity index (χ0) is 12.2. The molecule has 1 rings (SSSR count). The Bertz CT molecular complexity index is 366. The van der Waals surface area contributed by atoms with Crippen molar-refractivity contribution in [1.82, 2.24) is 0 Å². The summed E-state index contributed by atoms with van der Waals surface area (Å²) < 4.78 is 13.9. The summed E-state index contributed by atoms with van der Waals surface area (Å²) in [7, 11) is 0. The van der Waals surface area contributed by atoms with Crippen molar-refractivity contribution in [1.29, 1.82) is 0 Å². The molecule has 0 aliphatic heterocycles. The normalized spacial score (nSPS) is 11.4. The van der Waals surface area contributed by atoms with Crippen LogP contribution in [0.15, 0.2) is 24.3 Å². The molecule has 0 amide bonds. The number of benzene rings is 1. The second kappa shape index (κ2) is 5.10. The molecule has 3 heteroatoms. The number of halogens is 1. The fourth-order valence-electron chi connectivity index (χ4n) is 1.75. The van der Waals surface area contributed by atoms with E-state index in [9.17, 15) is 9.18 Å². The van der Waals surface area contributed by atoms with Crippen molar-refractivity contribution < 1.29 is 14.3 Å². The van der Waals surface area contributed by atoms with Crippen LogP contribution in [0.5, 0.6) is 0 Å². The Labute approximate surface area is 95.1 Å². The summed E-state index contributed by atoms with van der Waals surface area (Å²) >= 11 is 0. The molecule has 0 unspecified atom stereocenters. The smallest absolute Gasteiger partial charge is 0.303 e. The van der Waals surface area contributed by atoms with Crippen molar-refractivity contribution in [2.75, 3.05) is 0 Å². The van der Waals surface area contributed by atoms with Crippen LogP contribution in [0.4, 0.5) is 4.39 Å². The van der Waals surface area contributed by atoms with E-state index in [2.05, 4.69) is 0 Å². The molecule has 0 heterocycles. The monoisotopic (exact) mass is 224 g/mol.